The van der Waals surface area contributed by atoms with Gasteiger partial charge < -0.3 is 16.2 Å². The average Bonchev–Trinajstić information content (AvgIpc) is 3.53. The number of nitrogens with one attached hydrogen (secondary N) is 1. The van der Waals surface area contributed by atoms with Gasteiger partial charge in [0.2, 0.25) is 5.91 Å². The van der Waals surface area contributed by atoms with Crippen LogP contribution in [-0.4, -0.2) is 50.9 Å². The van der Waals surface area contributed by atoms with Gasteiger partial charge in [0.25, 0.3) is 5.91 Å². The summed E-state index contributed by atoms with van der Waals surface area (Å²) in [5.74, 6) is -1.15. The Kier molecular flexibility index (Phi) is 6.92. The van der Waals surface area contributed by atoms with Crippen molar-refractivity contribution in [1.29, 1.82) is 0 Å². The molecule has 0 saturated heterocycles. The molecule has 3 aromatic rings. The summed E-state index contributed by atoms with van der Waals surface area (Å²) in [7, 11) is 0. The maximum Gasteiger partial charge on any atom is 0.269 e. The van der Waals surface area contributed by atoms with Gasteiger partial charge in [-0.05, 0) is 30.9 Å². The van der Waals surface area contributed by atoms with Crippen LogP contribution in [0.5, 0.6) is 0 Å². The van der Waals surface area contributed by atoms with Crippen molar-refractivity contribution in [2.75, 3.05) is 13.1 Å². The Hall–Kier alpha value is -3.01. The van der Waals surface area contributed by atoms with Crippen LogP contribution in [0.25, 0.3) is 10.9 Å². The monoisotopic (exact) mass is 473 g/mol. The number of rotatable bonds is 10. The molecule has 1 aromatic heterocycles. The smallest absolute Gasteiger partial charge is 0.269 e. The van der Waals surface area contributed by atoms with Gasteiger partial charge in [0.15, 0.2) is 5.69 Å². The van der Waals surface area contributed by atoms with Crippen LogP contribution in [0.4, 0.5) is 4.39 Å². The van der Waals surface area contributed by atoms with Gasteiger partial charge in [0.1, 0.15) is 12.0 Å². The molecular formula is C23H25ClFN5O3. The molecule has 1 unspecified atom stereocenters. The fraction of sp³-hybridized carbons (Fsp3) is 0.348. The van der Waals surface area contributed by atoms with Crippen LogP contribution < -0.4 is 11.1 Å². The van der Waals surface area contributed by atoms with Crippen LogP contribution in [0, 0.1) is 11.7 Å². The lowest BCUT2D eigenvalue weighted by atomic mass is 10.2. The van der Waals surface area contributed by atoms with E-state index in [1.54, 1.807) is 35.2 Å². The summed E-state index contributed by atoms with van der Waals surface area (Å²) in [4.78, 5) is 26.0. The first kappa shape index (κ1) is 23.2. The summed E-state index contributed by atoms with van der Waals surface area (Å²) in [6, 6.07) is 11.7. The predicted molar refractivity (Wildman–Crippen MR) is 122 cm³/mol. The highest BCUT2D eigenvalue weighted by Gasteiger charge is 2.29. The quantitative estimate of drug-likeness (QED) is 0.391. The number of amides is 2. The van der Waals surface area contributed by atoms with Crippen molar-refractivity contribution in [1.82, 2.24) is 20.0 Å². The number of hydrogen-bond donors (Lipinski definition) is 3. The number of carbonyl (C=O) groups is 2. The molecule has 0 aliphatic heterocycles. The Balaban J connectivity index is 1.45. The lowest BCUT2D eigenvalue weighted by Gasteiger charge is -2.27. The molecule has 2 amide bonds. The maximum absolute atomic E-state index is 14.1. The van der Waals surface area contributed by atoms with Crippen molar-refractivity contribution in [3.8, 4) is 0 Å². The van der Waals surface area contributed by atoms with E-state index in [1.807, 2.05) is 6.07 Å². The fourth-order valence-corrected chi connectivity index (χ4v) is 3.96. The number of primary amides is 1. The van der Waals surface area contributed by atoms with Crippen LogP contribution in [0.2, 0.25) is 5.02 Å². The van der Waals surface area contributed by atoms with Gasteiger partial charge in [-0.2, -0.15) is 5.10 Å². The van der Waals surface area contributed by atoms with Crippen LogP contribution >= 0.6 is 11.6 Å². The number of nitrogens with zero attached hydrogens (tertiary/aromatic N) is 3. The number of para-hydroxylation sites is 1. The van der Waals surface area contributed by atoms with Gasteiger partial charge in [-0.3, -0.25) is 19.2 Å². The molecule has 0 bridgehead atoms. The first-order chi connectivity index (χ1) is 15.8. The molecule has 8 nitrogen and oxygen atoms in total. The molecular weight excluding hydrogens is 449 g/mol. The fourth-order valence-electron chi connectivity index (χ4n) is 3.76. The number of hydrogen-bond acceptors (Lipinski definition) is 5. The summed E-state index contributed by atoms with van der Waals surface area (Å²) in [6.07, 6.45) is 1.05. The van der Waals surface area contributed by atoms with E-state index in [4.69, 9.17) is 17.3 Å². The lowest BCUT2D eigenvalue weighted by Crippen LogP contribution is -2.45. The average molecular weight is 474 g/mol. The molecule has 4 N–H and O–H groups in total. The van der Waals surface area contributed by atoms with Gasteiger partial charge in [-0.1, -0.05) is 41.9 Å². The number of benzene rings is 2. The minimum atomic E-state index is -1.02. The highest BCUT2D eigenvalue weighted by atomic mass is 35.5. The van der Waals surface area contributed by atoms with E-state index in [9.17, 15) is 19.1 Å². The lowest BCUT2D eigenvalue weighted by molar-refractivity contribution is -0.126. The number of carbonyl (C=O) groups excluding carboxylic acids is 2. The molecule has 1 saturated carbocycles. The third-order valence-electron chi connectivity index (χ3n) is 5.69. The Morgan fingerprint density at radius 1 is 1.27 bits per heavy atom. The van der Waals surface area contributed by atoms with Gasteiger partial charge in [-0.15, -0.1) is 0 Å². The molecule has 0 spiro atoms. The van der Waals surface area contributed by atoms with Gasteiger partial charge in [0.05, 0.1) is 23.6 Å². The van der Waals surface area contributed by atoms with Crippen molar-refractivity contribution in [2.24, 2.45) is 11.7 Å². The highest BCUT2D eigenvalue weighted by molar-refractivity contribution is 6.30. The number of aliphatic hydroxyl groups is 1. The zero-order valence-electron chi connectivity index (χ0n) is 17.9. The maximum atomic E-state index is 14.1. The number of aromatic nitrogens is 2. The first-order valence-corrected chi connectivity index (χ1v) is 11.1. The largest absolute Gasteiger partial charge is 0.376 e. The first-order valence-electron chi connectivity index (χ1n) is 10.7. The summed E-state index contributed by atoms with van der Waals surface area (Å²) < 4.78 is 15.6. The zero-order valence-corrected chi connectivity index (χ0v) is 18.6. The van der Waals surface area contributed by atoms with E-state index in [0.29, 0.717) is 23.4 Å². The van der Waals surface area contributed by atoms with Crippen LogP contribution in [0.15, 0.2) is 42.5 Å². The van der Waals surface area contributed by atoms with E-state index in [2.05, 4.69) is 10.4 Å². The molecule has 1 aliphatic rings. The minimum absolute atomic E-state index is 0.00527. The molecule has 0 radical (unpaired) electrons. The van der Waals surface area contributed by atoms with Crippen LogP contribution in [0.1, 0.15) is 28.9 Å². The van der Waals surface area contributed by atoms with Crippen molar-refractivity contribution >= 4 is 34.3 Å². The summed E-state index contributed by atoms with van der Waals surface area (Å²) in [6.45, 7) is 0.519. The Labute approximate surface area is 195 Å². The minimum Gasteiger partial charge on any atom is -0.376 e. The Morgan fingerprint density at radius 2 is 2.03 bits per heavy atom. The van der Waals surface area contributed by atoms with Crippen LogP contribution in [-0.2, 0) is 17.9 Å². The molecule has 1 aliphatic carbocycles. The number of aliphatic hydroxyl groups excluding tert-OH is 1. The Morgan fingerprint density at radius 3 is 2.76 bits per heavy atom. The molecule has 1 fully saturated rings. The van der Waals surface area contributed by atoms with E-state index in [-0.39, 0.29) is 41.8 Å². The summed E-state index contributed by atoms with van der Waals surface area (Å²) >= 11 is 5.79. The number of fused-ring (bicyclic) bond motifs is 1. The van der Waals surface area contributed by atoms with Crippen molar-refractivity contribution in [3.05, 3.63) is 64.6 Å². The van der Waals surface area contributed by atoms with E-state index >= 15 is 0 Å². The number of nitrogens with two attached hydrogens (primary N) is 1. The second-order valence-corrected chi connectivity index (χ2v) is 8.66. The van der Waals surface area contributed by atoms with Gasteiger partial charge >= 0.3 is 0 Å². The molecule has 33 heavy (non-hydrogen) atoms. The molecule has 2 aromatic carbocycles. The van der Waals surface area contributed by atoms with E-state index < -0.39 is 18.0 Å². The molecule has 1 heterocycles. The second-order valence-electron chi connectivity index (χ2n) is 8.26. The van der Waals surface area contributed by atoms with Crippen molar-refractivity contribution < 1.29 is 19.1 Å². The van der Waals surface area contributed by atoms with Crippen molar-refractivity contribution in [2.45, 2.75) is 32.2 Å². The molecule has 174 valence electrons. The van der Waals surface area contributed by atoms with Gasteiger partial charge in [0, 0.05) is 24.0 Å². The van der Waals surface area contributed by atoms with E-state index in [1.165, 1.54) is 10.7 Å². The number of halogens is 2. The van der Waals surface area contributed by atoms with Crippen molar-refractivity contribution in [3.63, 3.8) is 0 Å². The third kappa shape index (κ3) is 5.50. The predicted octanol–water partition coefficient (Wildman–Crippen LogP) is 2.27. The SMILES string of the molecule is NC(=O)c1nn(CC(O)N(CC(=O)NCc2cccc(Cl)c2F)CC2CC2)c2ccccc12. The topological polar surface area (TPSA) is 113 Å². The zero-order chi connectivity index (χ0) is 23.5. The summed E-state index contributed by atoms with van der Waals surface area (Å²) in [5, 5.41) is 18.5. The molecule has 1 atom stereocenters. The van der Waals surface area contributed by atoms with Crippen LogP contribution in [0.3, 0.4) is 0 Å². The van der Waals surface area contributed by atoms with Gasteiger partial charge in [-0.25, -0.2) is 4.39 Å². The standard InChI is InChI=1S/C23H25ClFN5O3/c24-17-6-3-4-15(21(17)25)10-27-19(31)12-29(11-14-8-9-14)20(32)13-30-18-7-2-1-5-16(18)22(28-30)23(26)33/h1-7,14,20,32H,8-13H2,(H2,26,33)(H,27,31). The normalized spacial score (nSPS) is 14.5. The molecule has 10 heteroatoms. The van der Waals surface area contributed by atoms with E-state index in [0.717, 1.165) is 12.8 Å². The molecule has 4 rings (SSSR count). The highest BCUT2D eigenvalue weighted by Crippen LogP contribution is 2.30. The Bertz CT molecular complexity index is 1180. The summed E-state index contributed by atoms with van der Waals surface area (Å²) in [5.41, 5.74) is 6.53. The second kappa shape index (κ2) is 9.86. The third-order valence-corrected chi connectivity index (χ3v) is 5.98.